The molecule has 5 rings (SSSR count). The SMILES string of the molecule is COc1ccc2c3c1O[C@H]1C(OC(=O)[C@@H](O)CC(=O)OCC(=O)O)=CC[C@@]4(O)[C@@H](C2)N(C)CC[C@]314. The lowest BCUT2D eigenvalue weighted by Gasteiger charge is -2.61. The first-order valence-electron chi connectivity index (χ1n) is 11.4. The number of rotatable bonds is 7. The Hall–Kier alpha value is -3.15. The quantitative estimate of drug-likeness (QED) is 0.440. The van der Waals surface area contributed by atoms with Crippen LogP contribution in [0.2, 0.25) is 0 Å². The maximum Gasteiger partial charge on any atom is 0.341 e. The molecule has 1 fully saturated rings. The van der Waals surface area contributed by atoms with E-state index in [1.54, 1.807) is 6.08 Å². The number of aliphatic carboxylic acids is 1. The molecule has 5 atom stereocenters. The van der Waals surface area contributed by atoms with Crippen LogP contribution in [0, 0.1) is 0 Å². The molecule has 3 N–H and O–H groups in total. The summed E-state index contributed by atoms with van der Waals surface area (Å²) < 4.78 is 21.9. The van der Waals surface area contributed by atoms with Gasteiger partial charge in [0, 0.05) is 18.0 Å². The second-order valence-corrected chi connectivity index (χ2v) is 9.48. The van der Waals surface area contributed by atoms with Crippen molar-refractivity contribution >= 4 is 17.9 Å². The first kappa shape index (κ1) is 23.6. The van der Waals surface area contributed by atoms with Crippen LogP contribution in [0.25, 0.3) is 0 Å². The monoisotopic (exact) mass is 489 g/mol. The topological polar surface area (TPSA) is 152 Å². The number of methoxy groups -OCH3 is 1. The van der Waals surface area contributed by atoms with E-state index in [0.29, 0.717) is 30.9 Å². The van der Waals surface area contributed by atoms with Crippen LogP contribution < -0.4 is 9.47 Å². The molecule has 0 unspecified atom stereocenters. The zero-order valence-corrected chi connectivity index (χ0v) is 19.4. The van der Waals surface area contributed by atoms with Crippen molar-refractivity contribution < 1.29 is 48.7 Å². The number of carboxylic acids is 1. The Morgan fingerprint density at radius 1 is 1.31 bits per heavy atom. The van der Waals surface area contributed by atoms with Gasteiger partial charge in [-0.25, -0.2) is 9.59 Å². The average Bonchev–Trinajstić information content (AvgIpc) is 3.17. The highest BCUT2D eigenvalue weighted by atomic mass is 16.6. The van der Waals surface area contributed by atoms with Crippen molar-refractivity contribution in [3.05, 3.63) is 35.1 Å². The Morgan fingerprint density at radius 3 is 2.80 bits per heavy atom. The summed E-state index contributed by atoms with van der Waals surface area (Å²) in [6.45, 7) is -0.178. The van der Waals surface area contributed by atoms with E-state index in [1.807, 2.05) is 19.2 Å². The molecule has 0 amide bonds. The van der Waals surface area contributed by atoms with Gasteiger partial charge >= 0.3 is 17.9 Å². The minimum Gasteiger partial charge on any atom is -0.493 e. The van der Waals surface area contributed by atoms with Gasteiger partial charge in [-0.05, 0) is 44.1 Å². The first-order chi connectivity index (χ1) is 16.6. The second-order valence-electron chi connectivity index (χ2n) is 9.48. The van der Waals surface area contributed by atoms with Gasteiger partial charge in [-0.15, -0.1) is 0 Å². The van der Waals surface area contributed by atoms with Crippen molar-refractivity contribution in [1.82, 2.24) is 4.90 Å². The number of carboxylic acid groups (broad SMARTS) is 1. The maximum absolute atomic E-state index is 12.6. The molecule has 0 saturated carbocycles. The van der Waals surface area contributed by atoms with Crippen LogP contribution in [0.15, 0.2) is 24.0 Å². The number of hydrogen-bond donors (Lipinski definition) is 3. The van der Waals surface area contributed by atoms with Gasteiger partial charge in [0.15, 0.2) is 30.3 Å². The molecule has 0 aromatic heterocycles. The van der Waals surface area contributed by atoms with E-state index in [2.05, 4.69) is 9.64 Å². The lowest BCUT2D eigenvalue weighted by Crippen LogP contribution is -2.74. The lowest BCUT2D eigenvalue weighted by molar-refractivity contribution is -0.173. The van der Waals surface area contributed by atoms with Crippen LogP contribution in [0.3, 0.4) is 0 Å². The summed E-state index contributed by atoms with van der Waals surface area (Å²) in [5.41, 5.74) is -0.145. The number of carbonyl (C=O) groups is 3. The molecule has 1 aromatic rings. The van der Waals surface area contributed by atoms with Crippen LogP contribution in [0.5, 0.6) is 11.5 Å². The number of likely N-dealkylation sites (tertiary alicyclic amines) is 1. The average molecular weight is 489 g/mol. The third-order valence-electron chi connectivity index (χ3n) is 7.77. The molecule has 1 saturated heterocycles. The summed E-state index contributed by atoms with van der Waals surface area (Å²) in [6, 6.07) is 3.63. The van der Waals surface area contributed by atoms with Gasteiger partial charge in [0.1, 0.15) is 5.76 Å². The fraction of sp³-hybridized carbons (Fsp3) is 0.542. The molecule has 4 aliphatic rings. The van der Waals surface area contributed by atoms with E-state index in [-0.39, 0.29) is 18.2 Å². The summed E-state index contributed by atoms with van der Waals surface area (Å²) in [7, 11) is 3.51. The number of hydrogen-bond acceptors (Lipinski definition) is 10. The van der Waals surface area contributed by atoms with Gasteiger partial charge < -0.3 is 39.2 Å². The molecule has 1 spiro atoms. The molecular formula is C24H27NO10. The largest absolute Gasteiger partial charge is 0.493 e. The standard InChI is InChI=1S/C24H27NO10/c1-25-8-7-23-19-12-3-4-14(32-2)20(19)35-21(23)15(5-6-24(23,31)16(25)9-12)34-22(30)13(26)10-18(29)33-11-17(27)28/h3-5,13,16,21,26,31H,6-11H2,1-2H3,(H,27,28)/t13-,16+,21-,23-,24+/m0/s1. The Morgan fingerprint density at radius 2 is 2.09 bits per heavy atom. The van der Waals surface area contributed by atoms with Crippen molar-refractivity contribution in [2.24, 2.45) is 0 Å². The summed E-state index contributed by atoms with van der Waals surface area (Å²) in [5.74, 6) is -2.33. The van der Waals surface area contributed by atoms with Gasteiger partial charge in [0.25, 0.3) is 0 Å². The summed E-state index contributed by atoms with van der Waals surface area (Å²) in [4.78, 5) is 37.0. The highest BCUT2D eigenvalue weighted by Crippen LogP contribution is 2.65. The van der Waals surface area contributed by atoms with Crippen LogP contribution in [0.1, 0.15) is 30.4 Å². The van der Waals surface area contributed by atoms with E-state index in [9.17, 15) is 24.6 Å². The van der Waals surface area contributed by atoms with Crippen LogP contribution in [0.4, 0.5) is 0 Å². The first-order valence-corrected chi connectivity index (χ1v) is 11.4. The third-order valence-corrected chi connectivity index (χ3v) is 7.77. The fourth-order valence-electron chi connectivity index (χ4n) is 6.21. The lowest BCUT2D eigenvalue weighted by atomic mass is 9.50. The van der Waals surface area contributed by atoms with Crippen molar-refractivity contribution in [3.63, 3.8) is 0 Å². The molecule has 2 aliphatic carbocycles. The molecule has 2 heterocycles. The number of nitrogens with zero attached hydrogens (tertiary/aromatic N) is 1. The number of piperidine rings is 1. The molecule has 1 aromatic carbocycles. The number of likely N-dealkylation sites (N-methyl/N-ethyl adjacent to an activating group) is 1. The zero-order valence-electron chi connectivity index (χ0n) is 19.4. The van der Waals surface area contributed by atoms with Crippen LogP contribution >= 0.6 is 0 Å². The molecule has 188 valence electrons. The number of aliphatic hydroxyl groups is 2. The zero-order chi connectivity index (χ0) is 25.1. The predicted molar refractivity (Wildman–Crippen MR) is 117 cm³/mol. The minimum absolute atomic E-state index is 0.145. The number of carbonyl (C=O) groups excluding carboxylic acids is 2. The highest BCUT2D eigenvalue weighted by Gasteiger charge is 2.72. The molecule has 11 heteroatoms. The van der Waals surface area contributed by atoms with E-state index < -0.39 is 54.2 Å². The van der Waals surface area contributed by atoms with Crippen molar-refractivity contribution in [2.45, 2.75) is 54.9 Å². The van der Waals surface area contributed by atoms with Gasteiger partial charge in [-0.3, -0.25) is 4.79 Å². The Bertz CT molecular complexity index is 1130. The molecule has 2 aliphatic heterocycles. The van der Waals surface area contributed by atoms with Crippen LogP contribution in [-0.4, -0.2) is 89.3 Å². The smallest absolute Gasteiger partial charge is 0.341 e. The van der Waals surface area contributed by atoms with E-state index in [1.165, 1.54) is 7.11 Å². The van der Waals surface area contributed by atoms with E-state index >= 15 is 0 Å². The Labute approximate surface area is 200 Å². The van der Waals surface area contributed by atoms with Gasteiger partial charge in [-0.1, -0.05) is 6.07 Å². The van der Waals surface area contributed by atoms with E-state index in [4.69, 9.17) is 19.3 Å². The van der Waals surface area contributed by atoms with Crippen LogP contribution in [-0.2, 0) is 35.7 Å². The summed E-state index contributed by atoms with van der Waals surface area (Å²) in [5, 5.41) is 30.9. The maximum atomic E-state index is 12.6. The number of benzene rings is 1. The normalized spacial score (nSPS) is 30.9. The molecular weight excluding hydrogens is 462 g/mol. The van der Waals surface area contributed by atoms with Gasteiger partial charge in [0.2, 0.25) is 0 Å². The summed E-state index contributed by atoms with van der Waals surface area (Å²) in [6.07, 6.45) is -0.461. The second kappa shape index (κ2) is 8.21. The summed E-state index contributed by atoms with van der Waals surface area (Å²) >= 11 is 0. The molecule has 0 radical (unpaired) electrons. The van der Waals surface area contributed by atoms with Gasteiger partial charge in [0.05, 0.1) is 24.5 Å². The Kier molecular flexibility index (Phi) is 5.53. The molecule has 2 bridgehead atoms. The Balaban J connectivity index is 1.45. The highest BCUT2D eigenvalue weighted by molar-refractivity contribution is 5.83. The van der Waals surface area contributed by atoms with Crippen molar-refractivity contribution in [2.75, 3.05) is 27.3 Å². The van der Waals surface area contributed by atoms with E-state index in [0.717, 1.165) is 11.1 Å². The minimum atomic E-state index is -1.86. The fourth-order valence-corrected chi connectivity index (χ4v) is 6.21. The number of esters is 2. The predicted octanol–water partition coefficient (Wildman–Crippen LogP) is -0.105. The van der Waals surface area contributed by atoms with Crippen molar-refractivity contribution in [3.8, 4) is 11.5 Å². The third kappa shape index (κ3) is 3.33. The molecule has 11 nitrogen and oxygen atoms in total. The number of ether oxygens (including phenoxy) is 4. The van der Waals surface area contributed by atoms with Gasteiger partial charge in [-0.2, -0.15) is 0 Å². The van der Waals surface area contributed by atoms with Crippen molar-refractivity contribution in [1.29, 1.82) is 0 Å². The number of aliphatic hydroxyl groups excluding tert-OH is 1. The molecule has 35 heavy (non-hydrogen) atoms.